The topological polar surface area (TPSA) is 88.0 Å². The molecule has 7 nitrogen and oxygen atoms in total. The van der Waals surface area contributed by atoms with E-state index in [0.29, 0.717) is 5.69 Å². The zero-order valence-electron chi connectivity index (χ0n) is 13.6. The number of benzene rings is 2. The van der Waals surface area contributed by atoms with Gasteiger partial charge in [-0.2, -0.15) is 9.36 Å². The van der Waals surface area contributed by atoms with Gasteiger partial charge in [-0.05, 0) is 46.7 Å². The Labute approximate surface area is 145 Å². The number of halogens is 3. The maximum absolute atomic E-state index is 12.5. The molecular formula is C16H14F3N5O2. The summed E-state index contributed by atoms with van der Waals surface area (Å²) in [5.41, 5.74) is 7.11. The van der Waals surface area contributed by atoms with E-state index < -0.39 is 17.8 Å². The highest BCUT2D eigenvalue weighted by molar-refractivity contribution is 5.48. The molecule has 0 aliphatic rings. The van der Waals surface area contributed by atoms with Crippen molar-refractivity contribution in [3.63, 3.8) is 0 Å². The average Bonchev–Trinajstić information content (AvgIpc) is 2.91. The highest BCUT2D eigenvalue weighted by atomic mass is 19.4. The summed E-state index contributed by atoms with van der Waals surface area (Å²) >= 11 is 0. The second kappa shape index (κ2) is 6.54. The van der Waals surface area contributed by atoms with Crippen molar-refractivity contribution in [2.45, 2.75) is 19.8 Å². The number of alkyl halides is 3. The van der Waals surface area contributed by atoms with Crippen molar-refractivity contribution in [2.75, 3.05) is 5.73 Å². The third-order valence-corrected chi connectivity index (χ3v) is 3.63. The summed E-state index contributed by atoms with van der Waals surface area (Å²) in [5, 5.41) is 7.38. The molecule has 0 aliphatic carbocycles. The molecule has 0 aliphatic heterocycles. The number of nitrogens with zero attached hydrogens (tertiary/aromatic N) is 4. The Morgan fingerprint density at radius 1 is 1.15 bits per heavy atom. The van der Waals surface area contributed by atoms with Crippen molar-refractivity contribution in [2.24, 2.45) is 0 Å². The smallest absolute Gasteiger partial charge is 0.403 e. The number of nitrogen functional groups attached to an aromatic ring is 1. The van der Waals surface area contributed by atoms with Gasteiger partial charge in [-0.25, -0.2) is 4.79 Å². The van der Waals surface area contributed by atoms with E-state index in [1.807, 2.05) is 6.92 Å². The van der Waals surface area contributed by atoms with Crippen molar-refractivity contribution in [1.29, 1.82) is 0 Å². The molecule has 0 atom stereocenters. The molecule has 0 bridgehead atoms. The lowest BCUT2D eigenvalue weighted by atomic mass is 10.1. The number of hydrogen-bond acceptors (Lipinski definition) is 5. The lowest BCUT2D eigenvalue weighted by Crippen LogP contribution is -2.26. The fraction of sp³-hybridized carbons (Fsp3) is 0.188. The second-order valence-electron chi connectivity index (χ2n) is 5.54. The molecule has 0 saturated heterocycles. The number of aryl methyl sites for hydroxylation is 1. The maximum atomic E-state index is 12.5. The van der Waals surface area contributed by atoms with Crippen LogP contribution in [0.3, 0.4) is 0 Å². The number of rotatable bonds is 4. The first-order valence-electron chi connectivity index (χ1n) is 7.47. The van der Waals surface area contributed by atoms with Crippen LogP contribution in [0.25, 0.3) is 5.69 Å². The Morgan fingerprint density at radius 3 is 2.58 bits per heavy atom. The molecule has 0 saturated carbocycles. The van der Waals surface area contributed by atoms with Gasteiger partial charge in [-0.1, -0.05) is 24.3 Å². The Morgan fingerprint density at radius 2 is 1.88 bits per heavy atom. The van der Waals surface area contributed by atoms with Crippen LogP contribution in [0.4, 0.5) is 18.9 Å². The van der Waals surface area contributed by atoms with E-state index in [2.05, 4.69) is 15.2 Å². The standard InChI is InChI=1S/C16H14F3N5O2/c1-10-8-11(6-7-12(10)20)9-23-15(25)24(22-21-23)13-4-2-3-5-14(13)26-16(17,18)19/h2-8H,9,20H2,1H3. The Kier molecular flexibility index (Phi) is 4.41. The summed E-state index contributed by atoms with van der Waals surface area (Å²) in [6.45, 7) is 1.92. The van der Waals surface area contributed by atoms with Crippen LogP contribution < -0.4 is 16.2 Å². The van der Waals surface area contributed by atoms with Gasteiger partial charge in [0.1, 0.15) is 5.69 Å². The van der Waals surface area contributed by atoms with Gasteiger partial charge < -0.3 is 10.5 Å². The predicted octanol–water partition coefficient (Wildman–Crippen LogP) is 2.27. The predicted molar refractivity (Wildman–Crippen MR) is 87.0 cm³/mol. The fourth-order valence-corrected chi connectivity index (χ4v) is 2.38. The van der Waals surface area contributed by atoms with Crippen molar-refractivity contribution in [1.82, 2.24) is 19.8 Å². The molecule has 0 spiro atoms. The average molecular weight is 365 g/mol. The molecule has 10 heteroatoms. The van der Waals surface area contributed by atoms with E-state index in [0.717, 1.165) is 26.6 Å². The van der Waals surface area contributed by atoms with Gasteiger partial charge in [0.05, 0.1) is 6.54 Å². The van der Waals surface area contributed by atoms with Gasteiger partial charge in [0, 0.05) is 5.69 Å². The number of ether oxygens (including phenoxy) is 1. The first-order valence-corrected chi connectivity index (χ1v) is 7.47. The van der Waals surface area contributed by atoms with Gasteiger partial charge in [-0.15, -0.1) is 13.2 Å². The van der Waals surface area contributed by atoms with Crippen molar-refractivity contribution >= 4 is 5.69 Å². The van der Waals surface area contributed by atoms with Crippen LogP contribution >= 0.6 is 0 Å². The van der Waals surface area contributed by atoms with Crippen LogP contribution in [0.5, 0.6) is 5.75 Å². The van der Waals surface area contributed by atoms with Crippen molar-refractivity contribution in [3.8, 4) is 11.4 Å². The fourth-order valence-electron chi connectivity index (χ4n) is 2.38. The largest absolute Gasteiger partial charge is 0.573 e. The minimum Gasteiger partial charge on any atom is -0.403 e. The first-order chi connectivity index (χ1) is 12.2. The van der Waals surface area contributed by atoms with Crippen LogP contribution in [-0.2, 0) is 6.54 Å². The molecular weight excluding hydrogens is 351 g/mol. The van der Waals surface area contributed by atoms with Crippen LogP contribution in [0.15, 0.2) is 47.3 Å². The monoisotopic (exact) mass is 365 g/mol. The SMILES string of the molecule is Cc1cc(Cn2nnn(-c3ccccc3OC(F)(F)F)c2=O)ccc1N. The third kappa shape index (κ3) is 3.68. The molecule has 0 unspecified atom stereocenters. The molecule has 0 fully saturated rings. The van der Waals surface area contributed by atoms with Crippen LogP contribution in [0.2, 0.25) is 0 Å². The highest BCUT2D eigenvalue weighted by Gasteiger charge is 2.32. The molecule has 0 radical (unpaired) electrons. The number of para-hydroxylation sites is 2. The number of anilines is 1. The minimum absolute atomic E-state index is 0.0995. The van der Waals surface area contributed by atoms with E-state index in [4.69, 9.17) is 5.73 Å². The molecule has 136 valence electrons. The van der Waals surface area contributed by atoms with Crippen LogP contribution in [0, 0.1) is 6.92 Å². The Hall–Kier alpha value is -3.30. The zero-order valence-corrected chi connectivity index (χ0v) is 13.6. The van der Waals surface area contributed by atoms with Crippen LogP contribution in [0.1, 0.15) is 11.1 Å². The molecule has 3 rings (SSSR count). The molecule has 1 aromatic heterocycles. The quantitative estimate of drug-likeness (QED) is 0.717. The van der Waals surface area contributed by atoms with Crippen molar-refractivity contribution in [3.05, 3.63) is 64.1 Å². The number of hydrogen-bond donors (Lipinski definition) is 1. The van der Waals surface area contributed by atoms with E-state index in [1.54, 1.807) is 18.2 Å². The molecule has 0 amide bonds. The second-order valence-corrected chi connectivity index (χ2v) is 5.54. The lowest BCUT2D eigenvalue weighted by molar-refractivity contribution is -0.274. The summed E-state index contributed by atoms with van der Waals surface area (Å²) in [7, 11) is 0. The summed E-state index contributed by atoms with van der Waals surface area (Å²) < 4.78 is 43.4. The van der Waals surface area contributed by atoms with Gasteiger partial charge in [-0.3, -0.25) is 0 Å². The van der Waals surface area contributed by atoms with E-state index in [9.17, 15) is 18.0 Å². The van der Waals surface area contributed by atoms with Crippen LogP contribution in [-0.4, -0.2) is 26.2 Å². The Bertz CT molecular complexity index is 994. The first kappa shape index (κ1) is 17.5. The highest BCUT2D eigenvalue weighted by Crippen LogP contribution is 2.27. The maximum Gasteiger partial charge on any atom is 0.573 e. The van der Waals surface area contributed by atoms with Gasteiger partial charge in [0.2, 0.25) is 0 Å². The summed E-state index contributed by atoms with van der Waals surface area (Å²) in [4.78, 5) is 12.5. The lowest BCUT2D eigenvalue weighted by Gasteiger charge is -2.11. The number of tetrazole rings is 1. The Balaban J connectivity index is 1.95. The summed E-state index contributed by atoms with van der Waals surface area (Å²) in [6, 6.07) is 10.4. The number of aromatic nitrogens is 4. The zero-order chi connectivity index (χ0) is 18.9. The van der Waals surface area contributed by atoms with Gasteiger partial charge in [0.25, 0.3) is 0 Å². The van der Waals surface area contributed by atoms with Gasteiger partial charge in [0.15, 0.2) is 5.75 Å². The molecule has 2 N–H and O–H groups in total. The number of nitrogens with two attached hydrogens (primary N) is 1. The normalized spacial score (nSPS) is 11.5. The van der Waals surface area contributed by atoms with E-state index >= 15 is 0 Å². The molecule has 1 heterocycles. The summed E-state index contributed by atoms with van der Waals surface area (Å²) in [5.74, 6) is -0.544. The minimum atomic E-state index is -4.89. The molecule has 3 aromatic rings. The van der Waals surface area contributed by atoms with E-state index in [1.165, 1.54) is 18.2 Å². The van der Waals surface area contributed by atoms with Gasteiger partial charge >= 0.3 is 12.1 Å². The van der Waals surface area contributed by atoms with E-state index in [-0.39, 0.29) is 12.2 Å². The third-order valence-electron chi connectivity index (χ3n) is 3.63. The molecule has 26 heavy (non-hydrogen) atoms. The summed E-state index contributed by atoms with van der Waals surface area (Å²) in [6.07, 6.45) is -4.89. The van der Waals surface area contributed by atoms with Crippen molar-refractivity contribution < 1.29 is 17.9 Å². The molecule has 2 aromatic carbocycles.